The molecule has 0 aliphatic heterocycles. The Morgan fingerprint density at radius 3 is 2.57 bits per heavy atom. The number of nitrogens with one attached hydrogen (secondary N) is 1. The zero-order chi connectivity index (χ0) is 16.7. The second-order valence-electron chi connectivity index (χ2n) is 5.04. The predicted molar refractivity (Wildman–Crippen MR) is 94.6 cm³/mol. The van der Waals surface area contributed by atoms with Gasteiger partial charge < -0.3 is 14.8 Å². The molecule has 1 aromatic heterocycles. The summed E-state index contributed by atoms with van der Waals surface area (Å²) in [4.78, 5) is 4.26. The van der Waals surface area contributed by atoms with Crippen LogP contribution in [0.4, 0.5) is 5.69 Å². The van der Waals surface area contributed by atoms with Crippen molar-refractivity contribution in [1.29, 1.82) is 0 Å². The topological polar surface area (TPSA) is 43.4 Å². The van der Waals surface area contributed by atoms with Crippen molar-refractivity contribution >= 4 is 17.3 Å². The van der Waals surface area contributed by atoms with Crippen LogP contribution in [0.1, 0.15) is 24.4 Å². The molecule has 23 heavy (non-hydrogen) atoms. The maximum absolute atomic E-state index is 6.39. The average Bonchev–Trinajstić information content (AvgIpc) is 2.59. The largest absolute Gasteiger partial charge is 0.497 e. The minimum absolute atomic E-state index is 0.0345. The summed E-state index contributed by atoms with van der Waals surface area (Å²) in [6, 6.07) is 9.55. The lowest BCUT2D eigenvalue weighted by atomic mass is 10.0. The van der Waals surface area contributed by atoms with Crippen LogP contribution in [0.2, 0.25) is 5.02 Å². The van der Waals surface area contributed by atoms with Gasteiger partial charge >= 0.3 is 0 Å². The van der Waals surface area contributed by atoms with E-state index in [0.29, 0.717) is 10.9 Å². The number of methoxy groups -OCH3 is 2. The molecule has 0 saturated heterocycles. The van der Waals surface area contributed by atoms with E-state index in [2.05, 4.69) is 16.9 Å². The number of hydrogen-bond acceptors (Lipinski definition) is 4. The molecule has 0 saturated carbocycles. The SMILES string of the molecule is C=CCC[C@@H](Nc1ccc(OC)cc1)c1cnc(OC)cc1Cl. The number of aromatic nitrogens is 1. The first-order chi connectivity index (χ1) is 11.2. The lowest BCUT2D eigenvalue weighted by molar-refractivity contribution is 0.397. The van der Waals surface area contributed by atoms with Gasteiger partial charge in [-0.05, 0) is 37.1 Å². The van der Waals surface area contributed by atoms with Crippen LogP contribution in [0.3, 0.4) is 0 Å². The van der Waals surface area contributed by atoms with Crippen molar-refractivity contribution in [3.63, 3.8) is 0 Å². The Balaban J connectivity index is 2.23. The van der Waals surface area contributed by atoms with Crippen LogP contribution in [0.25, 0.3) is 0 Å². The highest BCUT2D eigenvalue weighted by atomic mass is 35.5. The van der Waals surface area contributed by atoms with Crippen molar-refractivity contribution in [2.24, 2.45) is 0 Å². The Morgan fingerprint density at radius 2 is 2.00 bits per heavy atom. The molecule has 2 aromatic rings. The molecule has 4 nitrogen and oxygen atoms in total. The van der Waals surface area contributed by atoms with Gasteiger partial charge in [0.15, 0.2) is 0 Å². The number of ether oxygens (including phenoxy) is 2. The molecule has 0 spiro atoms. The quantitative estimate of drug-likeness (QED) is 0.700. The maximum Gasteiger partial charge on any atom is 0.214 e. The molecule has 1 atom stereocenters. The Hall–Kier alpha value is -2.20. The van der Waals surface area contributed by atoms with Crippen molar-refractivity contribution in [2.45, 2.75) is 18.9 Å². The number of hydrogen-bond donors (Lipinski definition) is 1. The van der Waals surface area contributed by atoms with E-state index in [1.165, 1.54) is 0 Å². The van der Waals surface area contributed by atoms with Crippen LogP contribution in [0, 0.1) is 0 Å². The number of halogens is 1. The first kappa shape index (κ1) is 17.2. The van der Waals surface area contributed by atoms with Gasteiger partial charge in [-0.15, -0.1) is 6.58 Å². The summed E-state index contributed by atoms with van der Waals surface area (Å²) in [6.07, 6.45) is 5.39. The van der Waals surface area contributed by atoms with Gasteiger partial charge in [-0.1, -0.05) is 17.7 Å². The second-order valence-corrected chi connectivity index (χ2v) is 5.45. The van der Waals surface area contributed by atoms with Gasteiger partial charge in [0.05, 0.1) is 25.3 Å². The normalized spacial score (nSPS) is 11.6. The molecule has 0 fully saturated rings. The molecule has 0 bridgehead atoms. The monoisotopic (exact) mass is 332 g/mol. The Kier molecular flexibility index (Phi) is 6.29. The average molecular weight is 333 g/mol. The molecule has 0 unspecified atom stereocenters. The molecule has 0 radical (unpaired) electrons. The van der Waals surface area contributed by atoms with Gasteiger partial charge in [0, 0.05) is 23.5 Å². The Morgan fingerprint density at radius 1 is 1.26 bits per heavy atom. The maximum atomic E-state index is 6.39. The Bertz CT molecular complexity index is 644. The summed E-state index contributed by atoms with van der Waals surface area (Å²) in [6.45, 7) is 3.79. The summed E-state index contributed by atoms with van der Waals surface area (Å²) in [5.41, 5.74) is 1.93. The molecule has 0 aliphatic carbocycles. The van der Waals surface area contributed by atoms with Gasteiger partial charge in [0.1, 0.15) is 5.75 Å². The van der Waals surface area contributed by atoms with Crippen molar-refractivity contribution in [2.75, 3.05) is 19.5 Å². The van der Waals surface area contributed by atoms with Gasteiger partial charge in [-0.2, -0.15) is 0 Å². The molecular formula is C18H21ClN2O2. The minimum atomic E-state index is 0.0345. The molecule has 5 heteroatoms. The Labute approximate surface area is 142 Å². The fraction of sp³-hybridized carbons (Fsp3) is 0.278. The first-order valence-electron chi connectivity index (χ1n) is 7.39. The summed E-state index contributed by atoms with van der Waals surface area (Å²) < 4.78 is 10.3. The molecule has 122 valence electrons. The highest BCUT2D eigenvalue weighted by molar-refractivity contribution is 6.31. The third-order valence-corrected chi connectivity index (χ3v) is 3.86. The summed E-state index contributed by atoms with van der Waals surface area (Å²) in [7, 11) is 3.22. The van der Waals surface area contributed by atoms with Crippen molar-refractivity contribution in [3.05, 3.63) is 59.8 Å². The van der Waals surface area contributed by atoms with Gasteiger partial charge in [0.25, 0.3) is 0 Å². The van der Waals surface area contributed by atoms with Crippen LogP contribution in [-0.2, 0) is 0 Å². The fourth-order valence-corrected chi connectivity index (χ4v) is 2.54. The lowest BCUT2D eigenvalue weighted by Crippen LogP contribution is -2.12. The van der Waals surface area contributed by atoms with E-state index < -0.39 is 0 Å². The second kappa shape index (κ2) is 8.44. The zero-order valence-electron chi connectivity index (χ0n) is 13.4. The van der Waals surface area contributed by atoms with Gasteiger partial charge in [0.2, 0.25) is 5.88 Å². The molecule has 1 heterocycles. The summed E-state index contributed by atoms with van der Waals surface area (Å²) in [5.74, 6) is 1.33. The predicted octanol–water partition coefficient (Wildman–Crippen LogP) is 4.87. The van der Waals surface area contributed by atoms with Crippen molar-refractivity contribution < 1.29 is 9.47 Å². The van der Waals surface area contributed by atoms with E-state index in [1.807, 2.05) is 30.3 Å². The molecule has 0 amide bonds. The van der Waals surface area contributed by atoms with E-state index in [9.17, 15) is 0 Å². The third-order valence-electron chi connectivity index (χ3n) is 3.53. The molecule has 1 aromatic carbocycles. The van der Waals surface area contributed by atoms with Crippen LogP contribution >= 0.6 is 11.6 Å². The zero-order valence-corrected chi connectivity index (χ0v) is 14.1. The third kappa shape index (κ3) is 4.63. The van der Waals surface area contributed by atoms with Crippen LogP contribution in [-0.4, -0.2) is 19.2 Å². The summed E-state index contributed by atoms with van der Waals surface area (Å²) >= 11 is 6.39. The van der Waals surface area contributed by atoms with Crippen molar-refractivity contribution in [1.82, 2.24) is 4.98 Å². The van der Waals surface area contributed by atoms with Crippen LogP contribution in [0.15, 0.2) is 49.2 Å². The molecule has 2 rings (SSSR count). The molecular weight excluding hydrogens is 312 g/mol. The van der Waals surface area contributed by atoms with E-state index in [-0.39, 0.29) is 6.04 Å². The van der Waals surface area contributed by atoms with E-state index in [1.54, 1.807) is 26.5 Å². The van der Waals surface area contributed by atoms with E-state index in [0.717, 1.165) is 29.8 Å². The van der Waals surface area contributed by atoms with Crippen molar-refractivity contribution in [3.8, 4) is 11.6 Å². The number of pyridine rings is 1. The van der Waals surface area contributed by atoms with Crippen LogP contribution < -0.4 is 14.8 Å². The smallest absolute Gasteiger partial charge is 0.214 e. The number of rotatable bonds is 8. The molecule has 1 N–H and O–H groups in total. The summed E-state index contributed by atoms with van der Waals surface area (Å²) in [5, 5.41) is 4.12. The van der Waals surface area contributed by atoms with E-state index >= 15 is 0 Å². The van der Waals surface area contributed by atoms with E-state index in [4.69, 9.17) is 21.1 Å². The first-order valence-corrected chi connectivity index (χ1v) is 7.76. The van der Waals surface area contributed by atoms with Crippen LogP contribution in [0.5, 0.6) is 11.6 Å². The number of benzene rings is 1. The van der Waals surface area contributed by atoms with Gasteiger partial charge in [-0.3, -0.25) is 0 Å². The highest BCUT2D eigenvalue weighted by Gasteiger charge is 2.16. The standard InChI is InChI=1S/C18H21ClN2O2/c1-4-5-6-17(15-12-20-18(23-3)11-16(15)19)21-13-7-9-14(22-2)10-8-13/h4,7-12,17,21H,1,5-6H2,2-3H3/t17-/m1/s1. The molecule has 0 aliphatic rings. The highest BCUT2D eigenvalue weighted by Crippen LogP contribution is 2.31. The fourth-order valence-electron chi connectivity index (χ4n) is 2.27. The minimum Gasteiger partial charge on any atom is -0.497 e. The number of allylic oxidation sites excluding steroid dienone is 1. The number of anilines is 1. The lowest BCUT2D eigenvalue weighted by Gasteiger charge is -2.21. The number of nitrogens with zero attached hydrogens (tertiary/aromatic N) is 1. The van der Waals surface area contributed by atoms with Gasteiger partial charge in [-0.25, -0.2) is 4.98 Å².